The van der Waals surface area contributed by atoms with E-state index in [0.717, 1.165) is 18.5 Å². The van der Waals surface area contributed by atoms with Crippen molar-refractivity contribution in [2.75, 3.05) is 0 Å². The van der Waals surface area contributed by atoms with Gasteiger partial charge in [0.2, 0.25) is 0 Å². The van der Waals surface area contributed by atoms with Crippen molar-refractivity contribution in [1.82, 2.24) is 14.8 Å². The number of hydrogen-bond acceptors (Lipinski definition) is 4. The fourth-order valence-corrected chi connectivity index (χ4v) is 2.24. The van der Waals surface area contributed by atoms with Gasteiger partial charge in [-0.25, -0.2) is 0 Å². The summed E-state index contributed by atoms with van der Waals surface area (Å²) < 4.78 is 2.39. The Morgan fingerprint density at radius 3 is 2.89 bits per heavy atom. The zero-order valence-electron chi connectivity index (χ0n) is 10.7. The topological polar surface area (TPSA) is 76.8 Å². The average molecular weight is 278 g/mol. The second kappa shape index (κ2) is 5.31. The fourth-order valence-electron chi connectivity index (χ4n) is 2.02. The van der Waals surface area contributed by atoms with Crippen LogP contribution in [0.2, 0.25) is 0 Å². The SMILES string of the molecule is CCCn1c(-c2cccc([N+](=O)[O-])c2C)n[nH]c1=S. The van der Waals surface area contributed by atoms with Crippen LogP contribution in [0.3, 0.4) is 0 Å². The average Bonchev–Trinajstić information content (AvgIpc) is 2.72. The number of rotatable bonds is 4. The summed E-state index contributed by atoms with van der Waals surface area (Å²) in [6.07, 6.45) is 0.912. The highest BCUT2D eigenvalue weighted by atomic mass is 32.1. The van der Waals surface area contributed by atoms with Crippen molar-refractivity contribution in [2.24, 2.45) is 0 Å². The van der Waals surface area contributed by atoms with Crippen LogP contribution in [-0.2, 0) is 6.54 Å². The molecule has 0 aliphatic rings. The Kier molecular flexibility index (Phi) is 3.75. The van der Waals surface area contributed by atoms with E-state index in [1.807, 2.05) is 17.6 Å². The third-order valence-electron chi connectivity index (χ3n) is 2.95. The van der Waals surface area contributed by atoms with Crippen LogP contribution < -0.4 is 0 Å². The Morgan fingerprint density at radius 2 is 2.26 bits per heavy atom. The molecule has 0 saturated carbocycles. The van der Waals surface area contributed by atoms with Crippen LogP contribution in [0.5, 0.6) is 0 Å². The molecular weight excluding hydrogens is 264 g/mol. The molecule has 6 nitrogen and oxygen atoms in total. The number of aromatic amines is 1. The maximum atomic E-state index is 11.0. The van der Waals surface area contributed by atoms with Crippen LogP contribution in [0.15, 0.2) is 18.2 Å². The number of aromatic nitrogens is 3. The first-order chi connectivity index (χ1) is 9.06. The highest BCUT2D eigenvalue weighted by Crippen LogP contribution is 2.28. The van der Waals surface area contributed by atoms with Gasteiger partial charge in [-0.1, -0.05) is 19.1 Å². The third-order valence-corrected chi connectivity index (χ3v) is 3.26. The zero-order valence-corrected chi connectivity index (χ0v) is 11.5. The van der Waals surface area contributed by atoms with Crippen molar-refractivity contribution in [3.63, 3.8) is 0 Å². The van der Waals surface area contributed by atoms with Crippen LogP contribution in [0.4, 0.5) is 5.69 Å². The summed E-state index contributed by atoms with van der Waals surface area (Å²) in [7, 11) is 0. The molecule has 0 unspecified atom stereocenters. The molecule has 0 saturated heterocycles. The van der Waals surface area contributed by atoms with Gasteiger partial charge in [0.15, 0.2) is 10.6 Å². The lowest BCUT2D eigenvalue weighted by Crippen LogP contribution is -2.02. The Hall–Kier alpha value is -2.02. The molecule has 7 heteroatoms. The quantitative estimate of drug-likeness (QED) is 0.529. The maximum Gasteiger partial charge on any atom is 0.273 e. The van der Waals surface area contributed by atoms with Crippen molar-refractivity contribution in [1.29, 1.82) is 0 Å². The minimum atomic E-state index is -0.385. The summed E-state index contributed by atoms with van der Waals surface area (Å²) in [5, 5.41) is 17.9. The Morgan fingerprint density at radius 1 is 1.53 bits per heavy atom. The molecule has 2 rings (SSSR count). The van der Waals surface area contributed by atoms with Crippen molar-refractivity contribution >= 4 is 17.9 Å². The monoisotopic (exact) mass is 278 g/mol. The van der Waals surface area contributed by atoms with Crippen molar-refractivity contribution in [3.05, 3.63) is 38.6 Å². The molecule has 0 aliphatic heterocycles. The molecule has 0 bridgehead atoms. The molecule has 1 aromatic heterocycles. The van der Waals surface area contributed by atoms with E-state index in [-0.39, 0.29) is 10.6 Å². The lowest BCUT2D eigenvalue weighted by Gasteiger charge is -2.08. The summed E-state index contributed by atoms with van der Waals surface area (Å²) in [6, 6.07) is 4.97. The standard InChI is InChI=1S/C12H14N4O2S/c1-3-7-15-11(13-14-12(15)19)9-5-4-6-10(8(9)2)16(17)18/h4-6H,3,7H2,1-2H3,(H,14,19). The predicted molar refractivity (Wildman–Crippen MR) is 74.5 cm³/mol. The summed E-state index contributed by atoms with van der Waals surface area (Å²) in [4.78, 5) is 10.6. The Bertz CT molecular complexity index is 675. The van der Waals surface area contributed by atoms with E-state index in [2.05, 4.69) is 10.2 Å². The van der Waals surface area contributed by atoms with Gasteiger partial charge in [-0.2, -0.15) is 5.10 Å². The van der Waals surface area contributed by atoms with Gasteiger partial charge >= 0.3 is 0 Å². The van der Waals surface area contributed by atoms with E-state index >= 15 is 0 Å². The first-order valence-corrected chi connectivity index (χ1v) is 6.36. The summed E-state index contributed by atoms with van der Waals surface area (Å²) in [5.41, 5.74) is 1.42. The van der Waals surface area contributed by atoms with Gasteiger partial charge in [0.25, 0.3) is 5.69 Å². The molecule has 0 fully saturated rings. The molecule has 0 atom stereocenters. The number of nitrogens with zero attached hydrogens (tertiary/aromatic N) is 3. The number of nitrogens with one attached hydrogen (secondary N) is 1. The minimum absolute atomic E-state index is 0.0921. The molecule has 0 aliphatic carbocycles. The van der Waals surface area contributed by atoms with Gasteiger partial charge in [0, 0.05) is 23.7 Å². The summed E-state index contributed by atoms with van der Waals surface area (Å²) in [5.74, 6) is 0.646. The Balaban J connectivity index is 2.63. The molecule has 100 valence electrons. The lowest BCUT2D eigenvalue weighted by molar-refractivity contribution is -0.385. The Labute approximate surface area is 115 Å². The summed E-state index contributed by atoms with van der Waals surface area (Å²) in [6.45, 7) is 4.49. The molecule has 1 heterocycles. The van der Waals surface area contributed by atoms with Gasteiger partial charge < -0.3 is 4.57 Å². The second-order valence-corrected chi connectivity index (χ2v) is 4.60. The number of nitro benzene ring substituents is 1. The van der Waals surface area contributed by atoms with Crippen molar-refractivity contribution < 1.29 is 4.92 Å². The van der Waals surface area contributed by atoms with Crippen LogP contribution in [0.25, 0.3) is 11.4 Å². The maximum absolute atomic E-state index is 11.0. The van der Waals surface area contributed by atoms with Crippen LogP contribution >= 0.6 is 12.2 Å². The fraction of sp³-hybridized carbons (Fsp3) is 0.333. The minimum Gasteiger partial charge on any atom is -0.300 e. The molecule has 1 N–H and O–H groups in total. The van der Waals surface area contributed by atoms with E-state index in [4.69, 9.17) is 12.2 Å². The van der Waals surface area contributed by atoms with Crippen molar-refractivity contribution in [2.45, 2.75) is 26.8 Å². The zero-order chi connectivity index (χ0) is 14.0. The van der Waals surface area contributed by atoms with Gasteiger partial charge in [-0.05, 0) is 25.6 Å². The molecule has 0 spiro atoms. The number of nitro groups is 1. The molecular formula is C12H14N4O2S. The van der Waals surface area contributed by atoms with Crippen LogP contribution in [0, 0.1) is 21.8 Å². The number of hydrogen-bond donors (Lipinski definition) is 1. The molecule has 0 radical (unpaired) electrons. The van der Waals surface area contributed by atoms with Crippen LogP contribution in [-0.4, -0.2) is 19.7 Å². The normalized spacial score (nSPS) is 10.6. The van der Waals surface area contributed by atoms with Gasteiger partial charge in [-0.3, -0.25) is 15.2 Å². The number of benzene rings is 1. The van der Waals surface area contributed by atoms with E-state index < -0.39 is 0 Å². The predicted octanol–water partition coefficient (Wildman–Crippen LogP) is 3.23. The van der Waals surface area contributed by atoms with E-state index in [9.17, 15) is 10.1 Å². The molecule has 0 amide bonds. The first kappa shape index (κ1) is 13.4. The highest BCUT2D eigenvalue weighted by molar-refractivity contribution is 7.71. The highest BCUT2D eigenvalue weighted by Gasteiger charge is 2.17. The largest absolute Gasteiger partial charge is 0.300 e. The van der Waals surface area contributed by atoms with E-state index in [1.165, 1.54) is 6.07 Å². The lowest BCUT2D eigenvalue weighted by atomic mass is 10.1. The van der Waals surface area contributed by atoms with E-state index in [0.29, 0.717) is 16.2 Å². The van der Waals surface area contributed by atoms with Gasteiger partial charge in [-0.15, -0.1) is 0 Å². The molecule has 1 aromatic carbocycles. The smallest absolute Gasteiger partial charge is 0.273 e. The summed E-state index contributed by atoms with van der Waals surface area (Å²) >= 11 is 5.18. The van der Waals surface area contributed by atoms with E-state index in [1.54, 1.807) is 13.0 Å². The third kappa shape index (κ3) is 2.41. The van der Waals surface area contributed by atoms with Gasteiger partial charge in [0.05, 0.1) is 4.92 Å². The van der Waals surface area contributed by atoms with Crippen molar-refractivity contribution in [3.8, 4) is 11.4 Å². The second-order valence-electron chi connectivity index (χ2n) is 4.21. The molecule has 2 aromatic rings. The van der Waals surface area contributed by atoms with Crippen LogP contribution in [0.1, 0.15) is 18.9 Å². The van der Waals surface area contributed by atoms with Gasteiger partial charge in [0.1, 0.15) is 0 Å². The first-order valence-electron chi connectivity index (χ1n) is 5.95. The number of H-pyrrole nitrogens is 1. The molecule has 19 heavy (non-hydrogen) atoms.